The Morgan fingerprint density at radius 1 is 1.62 bits per heavy atom. The number of likely N-dealkylation sites (N-methyl/N-ethyl adjacent to an activating group) is 1. The summed E-state index contributed by atoms with van der Waals surface area (Å²) in [7, 11) is 3.47. The Balaban J connectivity index is 2.52. The number of halogens is 1. The van der Waals surface area contributed by atoms with Crippen molar-refractivity contribution in [2.24, 2.45) is 0 Å². The van der Waals surface area contributed by atoms with Gasteiger partial charge in [-0.3, -0.25) is 9.78 Å². The molecule has 0 bridgehead atoms. The first-order valence-electron chi connectivity index (χ1n) is 5.05. The minimum absolute atomic E-state index is 0.0465. The van der Waals surface area contributed by atoms with Crippen molar-refractivity contribution in [1.82, 2.24) is 15.2 Å². The van der Waals surface area contributed by atoms with Gasteiger partial charge in [-0.1, -0.05) is 11.6 Å². The summed E-state index contributed by atoms with van der Waals surface area (Å²) >= 11 is 5.95. The van der Waals surface area contributed by atoms with E-state index in [4.69, 9.17) is 11.6 Å². The highest BCUT2D eigenvalue weighted by molar-refractivity contribution is 6.31. The van der Waals surface area contributed by atoms with Crippen molar-refractivity contribution >= 4 is 17.5 Å². The van der Waals surface area contributed by atoms with Gasteiger partial charge in [0.25, 0.3) is 0 Å². The molecule has 0 aliphatic rings. The molecule has 16 heavy (non-hydrogen) atoms. The van der Waals surface area contributed by atoms with Gasteiger partial charge < -0.3 is 10.2 Å². The fourth-order valence-electron chi connectivity index (χ4n) is 1.29. The highest BCUT2D eigenvalue weighted by Crippen LogP contribution is 2.12. The number of hydrogen-bond acceptors (Lipinski definition) is 3. The average molecular weight is 242 g/mol. The molecular weight excluding hydrogens is 226 g/mol. The molecule has 4 nitrogen and oxygen atoms in total. The van der Waals surface area contributed by atoms with Gasteiger partial charge in [-0.15, -0.1) is 0 Å². The van der Waals surface area contributed by atoms with Crippen LogP contribution >= 0.6 is 11.6 Å². The van der Waals surface area contributed by atoms with E-state index in [2.05, 4.69) is 10.3 Å². The lowest BCUT2D eigenvalue weighted by molar-refractivity contribution is -0.130. The Kier molecular flexibility index (Phi) is 4.71. The normalized spacial score (nSPS) is 12.2. The third-order valence-electron chi connectivity index (χ3n) is 2.27. The van der Waals surface area contributed by atoms with E-state index in [1.807, 2.05) is 13.0 Å². The number of carbonyl (C=O) groups excluding carboxylic acids is 1. The van der Waals surface area contributed by atoms with Gasteiger partial charge in [0.1, 0.15) is 0 Å². The summed E-state index contributed by atoms with van der Waals surface area (Å²) in [6.45, 7) is 2.39. The molecule has 0 radical (unpaired) electrons. The molecule has 1 N–H and O–H groups in total. The van der Waals surface area contributed by atoms with Crippen LogP contribution in [0.25, 0.3) is 0 Å². The largest absolute Gasteiger partial charge is 0.347 e. The van der Waals surface area contributed by atoms with Crippen LogP contribution in [0.5, 0.6) is 0 Å². The molecular formula is C11H16ClN3O. The van der Waals surface area contributed by atoms with Gasteiger partial charge in [0.15, 0.2) is 0 Å². The van der Waals surface area contributed by atoms with Crippen LogP contribution in [0.1, 0.15) is 12.5 Å². The zero-order valence-corrected chi connectivity index (χ0v) is 10.5. The number of amides is 1. The van der Waals surface area contributed by atoms with Crippen molar-refractivity contribution < 1.29 is 4.79 Å². The topological polar surface area (TPSA) is 45.2 Å². The average Bonchev–Trinajstić information content (AvgIpc) is 2.26. The second kappa shape index (κ2) is 5.82. The van der Waals surface area contributed by atoms with Crippen LogP contribution < -0.4 is 5.32 Å². The van der Waals surface area contributed by atoms with Gasteiger partial charge in [0.05, 0.1) is 11.1 Å². The number of nitrogens with zero attached hydrogens (tertiary/aromatic N) is 2. The fraction of sp³-hybridized carbons (Fsp3) is 0.455. The summed E-state index contributed by atoms with van der Waals surface area (Å²) in [6.07, 6.45) is 3.28. The second-order valence-electron chi connectivity index (χ2n) is 3.80. The molecule has 0 aromatic carbocycles. The molecule has 0 saturated carbocycles. The monoisotopic (exact) mass is 241 g/mol. The standard InChI is InChI=1S/C11H16ClN3O/c1-8(11(16)15(2)3)14-6-9-4-5-13-7-10(9)12/h4-5,7-8,14H,6H2,1-3H3. The molecule has 5 heteroatoms. The van der Waals surface area contributed by atoms with E-state index in [-0.39, 0.29) is 11.9 Å². The Labute approximate surface area is 101 Å². The molecule has 0 spiro atoms. The molecule has 1 aromatic heterocycles. The van der Waals surface area contributed by atoms with Crippen LogP contribution in [0.4, 0.5) is 0 Å². The third-order valence-corrected chi connectivity index (χ3v) is 2.61. The molecule has 1 atom stereocenters. The van der Waals surface area contributed by atoms with Crippen LogP contribution in [0.2, 0.25) is 5.02 Å². The Morgan fingerprint density at radius 3 is 2.88 bits per heavy atom. The van der Waals surface area contributed by atoms with Crippen LogP contribution in [0.3, 0.4) is 0 Å². The number of aromatic nitrogens is 1. The van der Waals surface area contributed by atoms with Crippen molar-refractivity contribution in [2.75, 3.05) is 14.1 Å². The predicted octanol–water partition coefficient (Wildman–Crippen LogP) is 1.30. The molecule has 1 heterocycles. The number of pyridine rings is 1. The first-order valence-corrected chi connectivity index (χ1v) is 5.43. The molecule has 88 valence electrons. The summed E-state index contributed by atoms with van der Waals surface area (Å²) < 4.78 is 0. The van der Waals surface area contributed by atoms with Crippen molar-refractivity contribution in [2.45, 2.75) is 19.5 Å². The van der Waals surface area contributed by atoms with Crippen LogP contribution in [-0.4, -0.2) is 35.9 Å². The summed E-state index contributed by atoms with van der Waals surface area (Å²) in [6, 6.07) is 1.61. The quantitative estimate of drug-likeness (QED) is 0.865. The van der Waals surface area contributed by atoms with E-state index in [1.54, 1.807) is 31.4 Å². The third kappa shape index (κ3) is 3.47. The highest BCUT2D eigenvalue weighted by Gasteiger charge is 2.14. The minimum atomic E-state index is -0.223. The first kappa shape index (κ1) is 12.9. The smallest absolute Gasteiger partial charge is 0.238 e. The van der Waals surface area contributed by atoms with E-state index in [1.165, 1.54) is 0 Å². The van der Waals surface area contributed by atoms with Crippen LogP contribution in [-0.2, 0) is 11.3 Å². The summed E-state index contributed by atoms with van der Waals surface area (Å²) in [5.74, 6) is 0.0465. The number of hydrogen-bond donors (Lipinski definition) is 1. The molecule has 0 saturated heterocycles. The van der Waals surface area contributed by atoms with Gasteiger partial charge in [-0.05, 0) is 18.6 Å². The second-order valence-corrected chi connectivity index (χ2v) is 4.21. The molecule has 0 aliphatic heterocycles. The maximum absolute atomic E-state index is 11.6. The molecule has 1 rings (SSSR count). The van der Waals surface area contributed by atoms with Crippen molar-refractivity contribution in [3.8, 4) is 0 Å². The maximum Gasteiger partial charge on any atom is 0.238 e. The predicted molar refractivity (Wildman–Crippen MR) is 64.2 cm³/mol. The molecule has 1 amide bonds. The Hall–Kier alpha value is -1.13. The van der Waals surface area contributed by atoms with E-state index < -0.39 is 0 Å². The van der Waals surface area contributed by atoms with E-state index in [0.717, 1.165) is 5.56 Å². The van der Waals surface area contributed by atoms with Crippen molar-refractivity contribution in [3.63, 3.8) is 0 Å². The molecule has 1 aromatic rings. The summed E-state index contributed by atoms with van der Waals surface area (Å²) in [5, 5.41) is 3.73. The fourth-order valence-corrected chi connectivity index (χ4v) is 1.47. The summed E-state index contributed by atoms with van der Waals surface area (Å²) in [4.78, 5) is 17.0. The maximum atomic E-state index is 11.6. The summed E-state index contributed by atoms with van der Waals surface area (Å²) in [5.41, 5.74) is 0.940. The Bertz CT molecular complexity index is 368. The molecule has 0 aliphatic carbocycles. The van der Waals surface area contributed by atoms with E-state index >= 15 is 0 Å². The lowest BCUT2D eigenvalue weighted by Gasteiger charge is -2.18. The van der Waals surface area contributed by atoms with Crippen LogP contribution in [0, 0.1) is 0 Å². The number of carbonyl (C=O) groups is 1. The van der Waals surface area contributed by atoms with Gasteiger partial charge >= 0.3 is 0 Å². The SMILES string of the molecule is CC(NCc1ccncc1Cl)C(=O)N(C)C. The van der Waals surface area contributed by atoms with E-state index in [0.29, 0.717) is 11.6 Å². The zero-order chi connectivity index (χ0) is 12.1. The molecule has 0 fully saturated rings. The van der Waals surface area contributed by atoms with Crippen molar-refractivity contribution in [1.29, 1.82) is 0 Å². The lowest BCUT2D eigenvalue weighted by Crippen LogP contribution is -2.41. The highest BCUT2D eigenvalue weighted by atomic mass is 35.5. The first-order chi connectivity index (χ1) is 7.52. The minimum Gasteiger partial charge on any atom is -0.347 e. The molecule has 1 unspecified atom stereocenters. The van der Waals surface area contributed by atoms with Gasteiger partial charge in [-0.2, -0.15) is 0 Å². The number of rotatable bonds is 4. The van der Waals surface area contributed by atoms with Gasteiger partial charge in [-0.25, -0.2) is 0 Å². The van der Waals surface area contributed by atoms with Crippen molar-refractivity contribution in [3.05, 3.63) is 29.0 Å². The van der Waals surface area contributed by atoms with Gasteiger partial charge in [0.2, 0.25) is 5.91 Å². The zero-order valence-electron chi connectivity index (χ0n) is 9.70. The van der Waals surface area contributed by atoms with Gasteiger partial charge in [0, 0.05) is 33.0 Å². The lowest BCUT2D eigenvalue weighted by atomic mass is 10.2. The number of nitrogens with one attached hydrogen (secondary N) is 1. The Morgan fingerprint density at radius 2 is 2.31 bits per heavy atom. The van der Waals surface area contributed by atoms with Crippen LogP contribution in [0.15, 0.2) is 18.5 Å². The van der Waals surface area contributed by atoms with E-state index in [9.17, 15) is 4.79 Å².